The highest BCUT2D eigenvalue weighted by Gasteiger charge is 2.17. The van der Waals surface area contributed by atoms with E-state index >= 15 is 0 Å². The van der Waals surface area contributed by atoms with E-state index in [1.807, 2.05) is 13.0 Å². The van der Waals surface area contributed by atoms with Gasteiger partial charge in [-0.15, -0.1) is 0 Å². The van der Waals surface area contributed by atoms with Crippen molar-refractivity contribution in [3.8, 4) is 0 Å². The Morgan fingerprint density at radius 1 is 1.14 bits per heavy atom. The molecule has 1 amide bonds. The van der Waals surface area contributed by atoms with Crippen LogP contribution in [0.25, 0.3) is 11.8 Å². The monoisotopic (exact) mass is 433 g/mol. The van der Waals surface area contributed by atoms with Gasteiger partial charge in [0.25, 0.3) is 5.91 Å². The number of nitrogens with two attached hydrogens (primary N) is 1. The van der Waals surface area contributed by atoms with Crippen LogP contribution in [-0.2, 0) is 14.5 Å². The van der Waals surface area contributed by atoms with Gasteiger partial charge >= 0.3 is 0 Å². The van der Waals surface area contributed by atoms with E-state index in [4.69, 9.17) is 33.9 Å². The largest absolute Gasteiger partial charge is 0.411 e. The van der Waals surface area contributed by atoms with Crippen LogP contribution in [0.2, 0.25) is 10.0 Å². The molecule has 0 saturated heterocycles. The van der Waals surface area contributed by atoms with Crippen molar-refractivity contribution in [2.45, 2.75) is 6.92 Å². The number of amides is 1. The van der Waals surface area contributed by atoms with Gasteiger partial charge in [-0.2, -0.15) is 5.90 Å². The predicted octanol–water partition coefficient (Wildman–Crippen LogP) is 4.92. The lowest BCUT2D eigenvalue weighted by Gasteiger charge is -2.20. The van der Waals surface area contributed by atoms with Crippen molar-refractivity contribution in [1.82, 2.24) is 0 Å². The Hall–Kier alpha value is -2.80. The third kappa shape index (κ3) is 5.60. The number of nitrogens with zero attached hydrogens (tertiary/aromatic N) is 2. The first kappa shape index (κ1) is 22.5. The lowest BCUT2D eigenvalue weighted by molar-refractivity contribution is -0.112. The van der Waals surface area contributed by atoms with Crippen LogP contribution in [0.3, 0.4) is 0 Å². The van der Waals surface area contributed by atoms with Crippen LogP contribution in [0, 0.1) is 0 Å². The van der Waals surface area contributed by atoms with Crippen molar-refractivity contribution < 1.29 is 14.5 Å². The quantitative estimate of drug-likeness (QED) is 0.290. The highest BCUT2D eigenvalue weighted by molar-refractivity contribution is 6.37. The Kier molecular flexibility index (Phi) is 8.27. The highest BCUT2D eigenvalue weighted by atomic mass is 35.5. The molecule has 0 aliphatic heterocycles. The number of carbonyl (C=O) groups is 1. The molecule has 2 aromatic rings. The zero-order valence-electron chi connectivity index (χ0n) is 16.2. The third-order valence-electron chi connectivity index (χ3n) is 4.08. The number of carbonyl (C=O) groups excluding carboxylic acids is 1. The second kappa shape index (κ2) is 10.7. The number of para-hydroxylation sites is 1. The molecule has 6 nitrogen and oxygen atoms in total. The molecule has 0 aromatic heterocycles. The Bertz CT molecular complexity index is 951. The lowest BCUT2D eigenvalue weighted by atomic mass is 10.0. The second-order valence-electron chi connectivity index (χ2n) is 5.93. The zero-order chi connectivity index (χ0) is 21.4. The number of allylic oxidation sites excluding steroid dienone is 2. The summed E-state index contributed by atoms with van der Waals surface area (Å²) in [6.07, 6.45) is 4.65. The topological polar surface area (TPSA) is 77.1 Å². The van der Waals surface area contributed by atoms with Crippen LogP contribution < -0.4 is 10.8 Å². The molecule has 0 spiro atoms. The molecule has 0 fully saturated rings. The lowest BCUT2D eigenvalue weighted by Crippen LogP contribution is -2.28. The van der Waals surface area contributed by atoms with Gasteiger partial charge in [0.15, 0.2) is 5.76 Å². The van der Waals surface area contributed by atoms with Gasteiger partial charge in [0.1, 0.15) is 13.3 Å². The van der Waals surface area contributed by atoms with E-state index in [-0.39, 0.29) is 5.91 Å². The molecule has 0 heterocycles. The van der Waals surface area contributed by atoms with Crippen molar-refractivity contribution in [3.63, 3.8) is 0 Å². The summed E-state index contributed by atoms with van der Waals surface area (Å²) in [5, 5.41) is 4.56. The van der Waals surface area contributed by atoms with Gasteiger partial charge in [0.05, 0.1) is 5.69 Å². The first-order valence-electron chi connectivity index (χ1n) is 8.54. The van der Waals surface area contributed by atoms with Gasteiger partial charge in [-0.25, -0.2) is 0 Å². The van der Waals surface area contributed by atoms with E-state index in [9.17, 15) is 4.79 Å². The Morgan fingerprint density at radius 3 is 2.41 bits per heavy atom. The van der Waals surface area contributed by atoms with E-state index in [1.165, 1.54) is 12.0 Å². The average molecular weight is 434 g/mol. The van der Waals surface area contributed by atoms with Gasteiger partial charge < -0.3 is 14.6 Å². The third-order valence-corrected chi connectivity index (χ3v) is 4.74. The minimum atomic E-state index is -0.369. The van der Waals surface area contributed by atoms with Crippen LogP contribution in [-0.4, -0.2) is 26.3 Å². The molecule has 2 aromatic carbocycles. The number of hydrogen-bond donors (Lipinski definition) is 1. The van der Waals surface area contributed by atoms with Crippen molar-refractivity contribution >= 4 is 52.8 Å². The van der Waals surface area contributed by atoms with Crippen molar-refractivity contribution in [2.75, 3.05) is 19.1 Å². The zero-order valence-corrected chi connectivity index (χ0v) is 17.7. The summed E-state index contributed by atoms with van der Waals surface area (Å²) < 4.78 is 0. The molecule has 0 atom stereocenters. The maximum atomic E-state index is 12.3. The summed E-state index contributed by atoms with van der Waals surface area (Å²) in [7, 11) is 2.98. The summed E-state index contributed by atoms with van der Waals surface area (Å²) >= 11 is 12.4. The summed E-state index contributed by atoms with van der Waals surface area (Å²) in [5.74, 6) is 5.59. The van der Waals surface area contributed by atoms with E-state index in [0.717, 1.165) is 6.21 Å². The Morgan fingerprint density at radius 2 is 1.79 bits per heavy atom. The summed E-state index contributed by atoms with van der Waals surface area (Å²) in [6, 6.07) is 12.5. The van der Waals surface area contributed by atoms with Gasteiger partial charge in [0.2, 0.25) is 0 Å². The fourth-order valence-electron chi connectivity index (χ4n) is 2.58. The molecule has 0 bridgehead atoms. The predicted molar refractivity (Wildman–Crippen MR) is 119 cm³/mol. The molecule has 152 valence electrons. The molecule has 0 unspecified atom stereocenters. The van der Waals surface area contributed by atoms with Gasteiger partial charge in [-0.05, 0) is 36.8 Å². The standard InChI is InChI=1S/C21H21Cl2N3O3/c1-14(11-12-15-17(22)8-6-9-18(15)23)21(29-24)16-7-4-5-10-19(16)26(2)20(27)13-25-28-3/h4-13H,24H2,1-3H3. The van der Waals surface area contributed by atoms with E-state index in [1.54, 1.807) is 55.6 Å². The number of rotatable bonds is 7. The van der Waals surface area contributed by atoms with Gasteiger partial charge in [0, 0.05) is 28.2 Å². The highest BCUT2D eigenvalue weighted by Crippen LogP contribution is 2.31. The molecule has 8 heteroatoms. The molecule has 29 heavy (non-hydrogen) atoms. The number of oxime groups is 1. The second-order valence-corrected chi connectivity index (χ2v) is 6.74. The van der Waals surface area contributed by atoms with Crippen molar-refractivity contribution in [3.05, 3.63) is 75.3 Å². The molecular weight excluding hydrogens is 413 g/mol. The number of benzene rings is 2. The fourth-order valence-corrected chi connectivity index (χ4v) is 3.11. The van der Waals surface area contributed by atoms with Crippen LogP contribution in [0.4, 0.5) is 5.69 Å². The number of halogens is 2. The molecule has 0 saturated carbocycles. The molecule has 0 aliphatic rings. The minimum Gasteiger partial charge on any atom is -0.411 e. The molecule has 0 aliphatic carbocycles. The fraction of sp³-hybridized carbons (Fsp3) is 0.143. The Labute approximate surface area is 179 Å². The summed E-state index contributed by atoms with van der Waals surface area (Å²) in [5.41, 5.74) is 2.61. The van der Waals surface area contributed by atoms with Gasteiger partial charge in [-0.3, -0.25) is 4.79 Å². The summed E-state index contributed by atoms with van der Waals surface area (Å²) in [6.45, 7) is 1.83. The smallest absolute Gasteiger partial charge is 0.272 e. The average Bonchev–Trinajstić information content (AvgIpc) is 2.72. The van der Waals surface area contributed by atoms with Crippen LogP contribution in [0.15, 0.2) is 59.3 Å². The number of hydrogen-bond acceptors (Lipinski definition) is 5. The van der Waals surface area contributed by atoms with Gasteiger partial charge in [-0.1, -0.05) is 58.7 Å². The van der Waals surface area contributed by atoms with Crippen molar-refractivity contribution in [1.29, 1.82) is 0 Å². The van der Waals surface area contributed by atoms with Crippen LogP contribution in [0.1, 0.15) is 18.1 Å². The first-order valence-corrected chi connectivity index (χ1v) is 9.29. The maximum Gasteiger partial charge on any atom is 0.272 e. The van der Waals surface area contributed by atoms with Crippen molar-refractivity contribution in [2.24, 2.45) is 11.1 Å². The number of anilines is 1. The normalized spacial score (nSPS) is 12.2. The molecular formula is C21H21Cl2N3O3. The van der Waals surface area contributed by atoms with Crippen LogP contribution in [0.5, 0.6) is 0 Å². The van der Waals surface area contributed by atoms with E-state index < -0.39 is 0 Å². The molecule has 2 rings (SSSR count). The minimum absolute atomic E-state index is 0.369. The molecule has 0 radical (unpaired) electrons. The summed E-state index contributed by atoms with van der Waals surface area (Å²) in [4.78, 5) is 23.4. The molecule has 2 N–H and O–H groups in total. The first-order chi connectivity index (χ1) is 13.9. The van der Waals surface area contributed by atoms with E-state index in [2.05, 4.69) is 9.99 Å². The Balaban J connectivity index is 2.47. The van der Waals surface area contributed by atoms with Crippen LogP contribution >= 0.6 is 23.2 Å². The SMILES string of the molecule is CON=CC(=O)N(C)c1ccccc1C(ON)=C(C)C=Cc1c(Cl)cccc1Cl. The maximum absolute atomic E-state index is 12.3. The van der Waals surface area contributed by atoms with E-state index in [0.29, 0.717) is 38.2 Å².